The number of amides is 1. The molecule has 1 N–H and O–H groups in total. The van der Waals surface area contributed by atoms with Crippen molar-refractivity contribution in [2.24, 2.45) is 5.10 Å². The average Bonchev–Trinajstić information content (AvgIpc) is 2.86. The van der Waals surface area contributed by atoms with Crippen molar-refractivity contribution in [3.05, 3.63) is 79.3 Å². The van der Waals surface area contributed by atoms with Gasteiger partial charge in [-0.05, 0) is 97.0 Å². The van der Waals surface area contributed by atoms with Crippen LogP contribution in [0.3, 0.4) is 0 Å². The summed E-state index contributed by atoms with van der Waals surface area (Å²) in [5.41, 5.74) is 4.79. The predicted molar refractivity (Wildman–Crippen MR) is 153 cm³/mol. The number of carbonyl (C=O) groups excluding carboxylic acids is 1. The minimum absolute atomic E-state index is 0.357. The summed E-state index contributed by atoms with van der Waals surface area (Å²) in [6, 6.07) is 16.8. The summed E-state index contributed by atoms with van der Waals surface area (Å²) in [7, 11) is 0. The summed E-state index contributed by atoms with van der Waals surface area (Å²) < 4.78 is 24.9. The summed E-state index contributed by atoms with van der Waals surface area (Å²) in [5.74, 6) is 2.04. The molecule has 0 unspecified atom stereocenters. The van der Waals surface area contributed by atoms with Crippen molar-refractivity contribution in [1.29, 1.82) is 0 Å². The van der Waals surface area contributed by atoms with Crippen LogP contribution in [0.2, 0.25) is 0 Å². The first-order valence-corrected chi connectivity index (χ1v) is 13.4. The minimum Gasteiger partial charge on any atom is -0.490 e. The number of carbonyl (C=O) groups is 1. The van der Waals surface area contributed by atoms with Crippen molar-refractivity contribution in [3.8, 4) is 23.0 Å². The van der Waals surface area contributed by atoms with Crippen LogP contribution in [0, 0.1) is 3.57 Å². The SMILES string of the molecule is CCOc1ccc(C(=O)N/N=C/c2cc(I)c(OCc3ccc(Br)cc3)c(OCC)c2)cc1OCC. The highest BCUT2D eigenvalue weighted by Gasteiger charge is 2.13. The summed E-state index contributed by atoms with van der Waals surface area (Å²) in [4.78, 5) is 12.6. The molecule has 0 saturated heterocycles. The molecule has 0 aliphatic rings. The van der Waals surface area contributed by atoms with Crippen LogP contribution < -0.4 is 24.4 Å². The molecule has 0 atom stereocenters. The van der Waals surface area contributed by atoms with Crippen molar-refractivity contribution in [3.63, 3.8) is 0 Å². The first kappa shape index (κ1) is 27.8. The third-order valence-corrected chi connectivity index (χ3v) is 6.14. The van der Waals surface area contributed by atoms with Gasteiger partial charge in [0.1, 0.15) is 6.61 Å². The second kappa shape index (κ2) is 14.1. The maximum atomic E-state index is 12.6. The van der Waals surface area contributed by atoms with E-state index in [2.05, 4.69) is 49.0 Å². The van der Waals surface area contributed by atoms with Gasteiger partial charge in [0, 0.05) is 10.0 Å². The average molecular weight is 667 g/mol. The van der Waals surface area contributed by atoms with Crippen LogP contribution >= 0.6 is 38.5 Å². The van der Waals surface area contributed by atoms with Crippen LogP contribution in [-0.4, -0.2) is 31.9 Å². The largest absolute Gasteiger partial charge is 0.490 e. The first-order valence-electron chi connectivity index (χ1n) is 11.5. The van der Waals surface area contributed by atoms with Gasteiger partial charge in [-0.2, -0.15) is 5.10 Å². The molecule has 3 aromatic carbocycles. The molecule has 9 heteroatoms. The van der Waals surface area contributed by atoms with Crippen molar-refractivity contribution < 1.29 is 23.7 Å². The zero-order chi connectivity index (χ0) is 25.9. The molecule has 7 nitrogen and oxygen atoms in total. The molecule has 0 bridgehead atoms. The highest BCUT2D eigenvalue weighted by molar-refractivity contribution is 14.1. The fraction of sp³-hybridized carbons (Fsp3) is 0.259. The van der Waals surface area contributed by atoms with E-state index in [9.17, 15) is 4.79 Å². The lowest BCUT2D eigenvalue weighted by Crippen LogP contribution is -2.17. The Morgan fingerprint density at radius 1 is 0.889 bits per heavy atom. The molecule has 190 valence electrons. The molecular weight excluding hydrogens is 639 g/mol. The summed E-state index contributed by atoms with van der Waals surface area (Å²) in [6.07, 6.45) is 1.57. The van der Waals surface area contributed by atoms with Crippen molar-refractivity contribution >= 4 is 50.6 Å². The molecule has 36 heavy (non-hydrogen) atoms. The van der Waals surface area contributed by atoms with E-state index in [-0.39, 0.29) is 5.91 Å². The molecule has 0 aliphatic carbocycles. The number of hydrogen-bond acceptors (Lipinski definition) is 6. The van der Waals surface area contributed by atoms with Crippen LogP contribution in [0.5, 0.6) is 23.0 Å². The Balaban J connectivity index is 1.71. The number of ether oxygens (including phenoxy) is 4. The maximum absolute atomic E-state index is 12.6. The van der Waals surface area contributed by atoms with Gasteiger partial charge in [0.05, 0.1) is 29.6 Å². The van der Waals surface area contributed by atoms with Gasteiger partial charge in [-0.3, -0.25) is 4.79 Å². The second-order valence-electron chi connectivity index (χ2n) is 7.40. The van der Waals surface area contributed by atoms with Gasteiger partial charge in [-0.15, -0.1) is 0 Å². The second-order valence-corrected chi connectivity index (χ2v) is 9.48. The maximum Gasteiger partial charge on any atom is 0.271 e. The van der Waals surface area contributed by atoms with Gasteiger partial charge in [-0.25, -0.2) is 5.43 Å². The molecule has 0 spiro atoms. The summed E-state index contributed by atoms with van der Waals surface area (Å²) in [5, 5.41) is 4.13. The van der Waals surface area contributed by atoms with Gasteiger partial charge >= 0.3 is 0 Å². The van der Waals surface area contributed by atoms with Gasteiger partial charge in [0.25, 0.3) is 5.91 Å². The topological polar surface area (TPSA) is 78.4 Å². The Labute approximate surface area is 233 Å². The lowest BCUT2D eigenvalue weighted by molar-refractivity contribution is 0.0954. The Hall–Kier alpha value is -2.79. The molecule has 1 amide bonds. The molecular formula is C27H28BrIN2O5. The Bertz CT molecular complexity index is 1200. The molecule has 0 radical (unpaired) electrons. The van der Waals surface area contributed by atoms with Gasteiger partial charge in [0.15, 0.2) is 23.0 Å². The number of benzene rings is 3. The number of hydrogen-bond donors (Lipinski definition) is 1. The number of nitrogens with zero attached hydrogens (tertiary/aromatic N) is 1. The van der Waals surface area contributed by atoms with E-state index < -0.39 is 0 Å². The number of rotatable bonds is 12. The molecule has 0 aromatic heterocycles. The quantitative estimate of drug-likeness (QED) is 0.134. The van der Waals surface area contributed by atoms with E-state index in [1.54, 1.807) is 24.4 Å². The van der Waals surface area contributed by atoms with E-state index >= 15 is 0 Å². The Morgan fingerprint density at radius 2 is 1.56 bits per heavy atom. The molecule has 3 aromatic rings. The fourth-order valence-electron chi connectivity index (χ4n) is 3.22. The van der Waals surface area contributed by atoms with Crippen molar-refractivity contribution in [2.75, 3.05) is 19.8 Å². The zero-order valence-corrected chi connectivity index (χ0v) is 24.1. The predicted octanol–water partition coefficient (Wildman–Crippen LogP) is 6.59. The van der Waals surface area contributed by atoms with Crippen LogP contribution in [0.15, 0.2) is 64.2 Å². The van der Waals surface area contributed by atoms with Crippen LogP contribution in [0.25, 0.3) is 0 Å². The zero-order valence-electron chi connectivity index (χ0n) is 20.3. The van der Waals surface area contributed by atoms with E-state index in [0.29, 0.717) is 55.0 Å². The minimum atomic E-state index is -0.357. The van der Waals surface area contributed by atoms with Crippen molar-refractivity contribution in [1.82, 2.24) is 5.43 Å². The molecule has 3 rings (SSSR count). The number of nitrogens with one attached hydrogen (secondary N) is 1. The standard InChI is InChI=1S/C27H28BrIN2O5/c1-4-33-23-12-9-20(15-24(23)34-5-2)27(32)31-30-16-19-13-22(29)26(25(14-19)35-6-3)36-17-18-7-10-21(28)11-8-18/h7-16H,4-6,17H2,1-3H3,(H,31,32)/b30-16+. The lowest BCUT2D eigenvalue weighted by atomic mass is 10.2. The highest BCUT2D eigenvalue weighted by atomic mass is 127. The summed E-state index contributed by atoms with van der Waals surface area (Å²) >= 11 is 5.65. The molecule has 0 heterocycles. The van der Waals surface area contributed by atoms with Crippen LogP contribution in [0.1, 0.15) is 42.3 Å². The van der Waals surface area contributed by atoms with E-state index in [1.165, 1.54) is 0 Å². The monoisotopic (exact) mass is 666 g/mol. The highest BCUT2D eigenvalue weighted by Crippen LogP contribution is 2.34. The molecule has 0 aliphatic heterocycles. The van der Waals surface area contributed by atoms with Crippen LogP contribution in [-0.2, 0) is 6.61 Å². The number of hydrazone groups is 1. The van der Waals surface area contributed by atoms with E-state index in [1.807, 2.05) is 57.2 Å². The fourth-order valence-corrected chi connectivity index (χ4v) is 4.27. The summed E-state index contributed by atoms with van der Waals surface area (Å²) in [6.45, 7) is 7.56. The Kier molecular flexibility index (Phi) is 10.9. The van der Waals surface area contributed by atoms with E-state index in [0.717, 1.165) is 19.2 Å². The van der Waals surface area contributed by atoms with Gasteiger partial charge in [-0.1, -0.05) is 28.1 Å². The Morgan fingerprint density at radius 3 is 2.25 bits per heavy atom. The van der Waals surface area contributed by atoms with Crippen molar-refractivity contribution in [2.45, 2.75) is 27.4 Å². The number of halogens is 2. The lowest BCUT2D eigenvalue weighted by Gasteiger charge is -2.15. The molecule has 0 saturated carbocycles. The first-order chi connectivity index (χ1) is 17.4. The molecule has 0 fully saturated rings. The van der Waals surface area contributed by atoms with Gasteiger partial charge in [0.2, 0.25) is 0 Å². The normalized spacial score (nSPS) is 10.8. The smallest absolute Gasteiger partial charge is 0.271 e. The third kappa shape index (κ3) is 7.86. The van der Waals surface area contributed by atoms with Crippen LogP contribution in [0.4, 0.5) is 0 Å². The third-order valence-electron chi connectivity index (χ3n) is 4.81. The van der Waals surface area contributed by atoms with E-state index in [4.69, 9.17) is 18.9 Å². The van der Waals surface area contributed by atoms with Gasteiger partial charge < -0.3 is 18.9 Å².